The van der Waals surface area contributed by atoms with Gasteiger partial charge in [-0.25, -0.2) is 9.67 Å². The van der Waals surface area contributed by atoms with E-state index >= 15 is 0 Å². The van der Waals surface area contributed by atoms with Crippen molar-refractivity contribution in [2.24, 2.45) is 0 Å². The maximum absolute atomic E-state index is 11.6. The minimum atomic E-state index is 0.104. The number of hydrogen-bond acceptors (Lipinski definition) is 4. The molecule has 1 amide bonds. The minimum Gasteiger partial charge on any atom is -0.496 e. The van der Waals surface area contributed by atoms with E-state index in [4.69, 9.17) is 14.8 Å². The van der Waals surface area contributed by atoms with E-state index in [9.17, 15) is 4.79 Å². The quantitative estimate of drug-likeness (QED) is 0.743. The summed E-state index contributed by atoms with van der Waals surface area (Å²) < 4.78 is 7.39. The van der Waals surface area contributed by atoms with Crippen molar-refractivity contribution >= 4 is 5.91 Å². The van der Waals surface area contributed by atoms with Gasteiger partial charge >= 0.3 is 0 Å². The molecule has 1 saturated heterocycles. The normalized spacial score (nSPS) is 16.6. The molecular weight excluding hydrogens is 352 g/mol. The topological polar surface area (TPSA) is 69.0 Å². The van der Waals surface area contributed by atoms with Gasteiger partial charge in [-0.3, -0.25) is 4.79 Å². The smallest absolute Gasteiger partial charge is 0.220 e. The van der Waals surface area contributed by atoms with Gasteiger partial charge in [0.2, 0.25) is 5.91 Å². The van der Waals surface area contributed by atoms with E-state index in [2.05, 4.69) is 36.5 Å². The average molecular weight is 376 g/mol. The molecular formula is C22H24N4O2. The predicted octanol–water partition coefficient (Wildman–Crippen LogP) is 3.17. The number of hydrogen-bond donors (Lipinski definition) is 1. The summed E-state index contributed by atoms with van der Waals surface area (Å²) in [4.78, 5) is 16.5. The Kier molecular flexibility index (Phi) is 5.10. The molecule has 0 aliphatic carbocycles. The van der Waals surface area contributed by atoms with Gasteiger partial charge in [-0.1, -0.05) is 35.9 Å². The summed E-state index contributed by atoms with van der Waals surface area (Å²) in [5, 5.41) is 7.77. The second kappa shape index (κ2) is 7.84. The Hall–Kier alpha value is -3.15. The summed E-state index contributed by atoms with van der Waals surface area (Å²) in [6, 6.07) is 16.2. The van der Waals surface area contributed by atoms with Crippen LogP contribution in [0.5, 0.6) is 5.75 Å². The largest absolute Gasteiger partial charge is 0.496 e. The first-order valence-corrected chi connectivity index (χ1v) is 9.55. The fraction of sp³-hybridized carbons (Fsp3) is 0.318. The van der Waals surface area contributed by atoms with Gasteiger partial charge in [0.25, 0.3) is 0 Å². The highest BCUT2D eigenvalue weighted by Gasteiger charge is 2.26. The number of piperidine rings is 1. The zero-order valence-corrected chi connectivity index (χ0v) is 16.2. The van der Waals surface area contributed by atoms with Crippen molar-refractivity contribution in [3.05, 3.63) is 71.3 Å². The number of methoxy groups -OCH3 is 1. The first-order chi connectivity index (χ1) is 13.6. The van der Waals surface area contributed by atoms with Crippen molar-refractivity contribution in [3.8, 4) is 11.4 Å². The molecule has 28 heavy (non-hydrogen) atoms. The number of nitrogens with one attached hydrogen (secondary N) is 1. The lowest BCUT2D eigenvalue weighted by molar-refractivity contribution is -0.122. The van der Waals surface area contributed by atoms with Gasteiger partial charge in [0.15, 0.2) is 5.82 Å². The van der Waals surface area contributed by atoms with Gasteiger partial charge < -0.3 is 10.1 Å². The number of aryl methyl sites for hydroxylation is 1. The molecule has 6 heteroatoms. The SMILES string of the molecule is COc1ccccc1Cc1nc([C@@H]2CCC(=O)NC2)n(-c2ccc(C)cc2)n1. The fourth-order valence-corrected chi connectivity index (χ4v) is 3.56. The predicted molar refractivity (Wildman–Crippen MR) is 107 cm³/mol. The van der Waals surface area contributed by atoms with Crippen LogP contribution in [-0.4, -0.2) is 34.3 Å². The fourth-order valence-electron chi connectivity index (χ4n) is 3.56. The number of carbonyl (C=O) groups is 1. The molecule has 2 aromatic carbocycles. The van der Waals surface area contributed by atoms with Crippen LogP contribution in [0.1, 0.15) is 41.5 Å². The Morgan fingerprint density at radius 2 is 1.96 bits per heavy atom. The maximum atomic E-state index is 11.6. The minimum absolute atomic E-state index is 0.104. The molecule has 3 aromatic rings. The number of rotatable bonds is 5. The van der Waals surface area contributed by atoms with Gasteiger partial charge in [0.05, 0.1) is 12.8 Å². The highest BCUT2D eigenvalue weighted by molar-refractivity contribution is 5.76. The molecule has 1 atom stereocenters. The second-order valence-electron chi connectivity index (χ2n) is 7.16. The van der Waals surface area contributed by atoms with E-state index in [1.165, 1.54) is 5.56 Å². The Morgan fingerprint density at radius 3 is 2.68 bits per heavy atom. The lowest BCUT2D eigenvalue weighted by Crippen LogP contribution is -2.34. The summed E-state index contributed by atoms with van der Waals surface area (Å²) in [5.41, 5.74) is 3.23. The molecule has 1 aliphatic rings. The Bertz CT molecular complexity index is 968. The molecule has 0 spiro atoms. The zero-order chi connectivity index (χ0) is 19.5. The van der Waals surface area contributed by atoms with Crippen LogP contribution in [0.25, 0.3) is 5.69 Å². The van der Waals surface area contributed by atoms with E-state index in [0.29, 0.717) is 19.4 Å². The van der Waals surface area contributed by atoms with Crippen LogP contribution < -0.4 is 10.1 Å². The van der Waals surface area contributed by atoms with Gasteiger partial charge in [-0.05, 0) is 31.5 Å². The monoisotopic (exact) mass is 376 g/mol. The number of amides is 1. The molecule has 2 heterocycles. The van der Waals surface area contributed by atoms with E-state index in [1.807, 2.05) is 28.9 Å². The Labute approximate surface area is 164 Å². The molecule has 0 radical (unpaired) electrons. The molecule has 1 aliphatic heterocycles. The van der Waals surface area contributed by atoms with Crippen molar-refractivity contribution in [2.75, 3.05) is 13.7 Å². The molecule has 1 aromatic heterocycles. The van der Waals surface area contributed by atoms with Crippen molar-refractivity contribution in [1.82, 2.24) is 20.1 Å². The molecule has 0 saturated carbocycles. The molecule has 0 unspecified atom stereocenters. The van der Waals surface area contributed by atoms with Crippen LogP contribution in [0.2, 0.25) is 0 Å². The number of para-hydroxylation sites is 1. The lowest BCUT2D eigenvalue weighted by Gasteiger charge is -2.22. The third-order valence-electron chi connectivity index (χ3n) is 5.13. The molecule has 0 bridgehead atoms. The van der Waals surface area contributed by atoms with Crippen LogP contribution in [0.3, 0.4) is 0 Å². The molecule has 4 rings (SSSR count). The number of benzene rings is 2. The summed E-state index contributed by atoms with van der Waals surface area (Å²) in [6.07, 6.45) is 1.90. The maximum Gasteiger partial charge on any atom is 0.220 e. The third kappa shape index (κ3) is 3.76. The second-order valence-corrected chi connectivity index (χ2v) is 7.16. The molecule has 1 N–H and O–H groups in total. The molecule has 144 valence electrons. The molecule has 1 fully saturated rings. The van der Waals surface area contributed by atoms with Crippen LogP contribution >= 0.6 is 0 Å². The molecule has 6 nitrogen and oxygen atoms in total. The standard InChI is InChI=1S/C22H24N4O2/c1-15-7-10-18(11-8-15)26-22(17-9-12-21(27)23-14-17)24-20(25-26)13-16-5-3-4-6-19(16)28-2/h3-8,10-11,17H,9,12-14H2,1-2H3,(H,23,27)/t17-/m1/s1. The zero-order valence-electron chi connectivity index (χ0n) is 16.2. The van der Waals surface area contributed by atoms with Crippen LogP contribution in [0.4, 0.5) is 0 Å². The first-order valence-electron chi connectivity index (χ1n) is 9.55. The third-order valence-corrected chi connectivity index (χ3v) is 5.13. The van der Waals surface area contributed by atoms with Crippen molar-refractivity contribution in [2.45, 2.75) is 32.1 Å². The van der Waals surface area contributed by atoms with E-state index < -0.39 is 0 Å². The number of aromatic nitrogens is 3. The van der Waals surface area contributed by atoms with Crippen molar-refractivity contribution in [3.63, 3.8) is 0 Å². The van der Waals surface area contributed by atoms with Crippen molar-refractivity contribution < 1.29 is 9.53 Å². The summed E-state index contributed by atoms with van der Waals surface area (Å²) in [7, 11) is 1.67. The van der Waals surface area contributed by atoms with E-state index in [1.54, 1.807) is 7.11 Å². The Morgan fingerprint density at radius 1 is 1.18 bits per heavy atom. The lowest BCUT2D eigenvalue weighted by atomic mass is 9.98. The highest BCUT2D eigenvalue weighted by atomic mass is 16.5. The van der Waals surface area contributed by atoms with Crippen LogP contribution in [0.15, 0.2) is 48.5 Å². The highest BCUT2D eigenvalue weighted by Crippen LogP contribution is 2.26. The van der Waals surface area contributed by atoms with Gasteiger partial charge in [0, 0.05) is 30.9 Å². The van der Waals surface area contributed by atoms with Crippen molar-refractivity contribution in [1.29, 1.82) is 0 Å². The summed E-state index contributed by atoms with van der Waals surface area (Å²) in [5.74, 6) is 2.73. The first kappa shape index (κ1) is 18.2. The number of nitrogens with zero attached hydrogens (tertiary/aromatic N) is 3. The summed E-state index contributed by atoms with van der Waals surface area (Å²) in [6.45, 7) is 2.66. The van der Waals surface area contributed by atoms with Crippen LogP contribution in [-0.2, 0) is 11.2 Å². The van der Waals surface area contributed by atoms with E-state index in [-0.39, 0.29) is 11.8 Å². The van der Waals surface area contributed by atoms with E-state index in [0.717, 1.165) is 35.1 Å². The van der Waals surface area contributed by atoms with Gasteiger partial charge in [0.1, 0.15) is 11.6 Å². The van der Waals surface area contributed by atoms with Crippen LogP contribution in [0, 0.1) is 6.92 Å². The van der Waals surface area contributed by atoms with Gasteiger partial charge in [-0.2, -0.15) is 5.10 Å². The van der Waals surface area contributed by atoms with Gasteiger partial charge in [-0.15, -0.1) is 0 Å². The number of ether oxygens (including phenoxy) is 1. The number of carbonyl (C=O) groups excluding carboxylic acids is 1. The summed E-state index contributed by atoms with van der Waals surface area (Å²) >= 11 is 0. The average Bonchev–Trinajstić information content (AvgIpc) is 3.13. The Balaban J connectivity index is 1.71.